The van der Waals surface area contributed by atoms with Gasteiger partial charge in [0, 0.05) is 29.1 Å². The van der Waals surface area contributed by atoms with E-state index in [0.717, 1.165) is 34.2 Å². The molecule has 0 fully saturated rings. The zero-order valence-electron chi connectivity index (χ0n) is 16.3. The molecule has 0 saturated carbocycles. The molecule has 0 saturated heterocycles. The molecule has 3 nitrogen and oxygen atoms in total. The molecule has 1 unspecified atom stereocenters. The second kappa shape index (κ2) is 9.75. The van der Waals surface area contributed by atoms with Crippen LogP contribution in [0.1, 0.15) is 29.8 Å². The fraction of sp³-hybridized carbons (Fsp3) is 0.318. The van der Waals surface area contributed by atoms with Gasteiger partial charge in [-0.3, -0.25) is 0 Å². The SMILES string of the molecule is CCCN(c1nc(-c2ccc(Cl)cc2Cl)c(C)s1)C(COC)c1ccccc1. The van der Waals surface area contributed by atoms with Gasteiger partial charge in [0.05, 0.1) is 23.4 Å². The van der Waals surface area contributed by atoms with Crippen molar-refractivity contribution < 1.29 is 4.74 Å². The van der Waals surface area contributed by atoms with Crippen molar-refractivity contribution >= 4 is 39.7 Å². The third-order valence-electron chi connectivity index (χ3n) is 4.57. The first-order valence-electron chi connectivity index (χ1n) is 9.28. The highest BCUT2D eigenvalue weighted by molar-refractivity contribution is 7.16. The Bertz CT molecular complexity index is 914. The Balaban J connectivity index is 2.02. The summed E-state index contributed by atoms with van der Waals surface area (Å²) >= 11 is 14.2. The number of thiazole rings is 1. The summed E-state index contributed by atoms with van der Waals surface area (Å²) in [6, 6.07) is 16.1. The number of rotatable bonds is 8. The zero-order chi connectivity index (χ0) is 20.1. The number of ether oxygens (including phenoxy) is 1. The number of methoxy groups -OCH3 is 1. The third kappa shape index (κ3) is 4.69. The van der Waals surface area contributed by atoms with Crippen LogP contribution in [0, 0.1) is 6.92 Å². The molecule has 6 heteroatoms. The maximum Gasteiger partial charge on any atom is 0.186 e. The Kier molecular flexibility index (Phi) is 7.36. The van der Waals surface area contributed by atoms with Crippen LogP contribution >= 0.6 is 34.5 Å². The molecule has 148 valence electrons. The summed E-state index contributed by atoms with van der Waals surface area (Å²) in [4.78, 5) is 8.45. The van der Waals surface area contributed by atoms with E-state index in [-0.39, 0.29) is 6.04 Å². The van der Waals surface area contributed by atoms with Crippen LogP contribution in [0.5, 0.6) is 0 Å². The molecule has 0 aliphatic heterocycles. The second-order valence-corrected chi connectivity index (χ2v) is 8.63. The van der Waals surface area contributed by atoms with Crippen molar-refractivity contribution in [3.63, 3.8) is 0 Å². The highest BCUT2D eigenvalue weighted by Crippen LogP contribution is 2.39. The quantitative estimate of drug-likeness (QED) is 0.380. The third-order valence-corrected chi connectivity index (χ3v) is 6.12. The van der Waals surface area contributed by atoms with Crippen LogP contribution in [-0.4, -0.2) is 25.2 Å². The summed E-state index contributed by atoms with van der Waals surface area (Å²) < 4.78 is 5.56. The van der Waals surface area contributed by atoms with E-state index in [2.05, 4.69) is 43.0 Å². The van der Waals surface area contributed by atoms with Crippen LogP contribution in [0.15, 0.2) is 48.5 Å². The lowest BCUT2D eigenvalue weighted by Gasteiger charge is -2.31. The summed E-state index contributed by atoms with van der Waals surface area (Å²) in [7, 11) is 1.74. The molecule has 0 N–H and O–H groups in total. The molecule has 3 aromatic rings. The first kappa shape index (κ1) is 21.1. The smallest absolute Gasteiger partial charge is 0.186 e. The number of benzene rings is 2. The van der Waals surface area contributed by atoms with Gasteiger partial charge >= 0.3 is 0 Å². The van der Waals surface area contributed by atoms with Crippen LogP contribution < -0.4 is 4.90 Å². The summed E-state index contributed by atoms with van der Waals surface area (Å²) in [5.41, 5.74) is 3.04. The number of hydrogen-bond donors (Lipinski definition) is 0. The van der Waals surface area contributed by atoms with Crippen molar-refractivity contribution in [2.75, 3.05) is 25.2 Å². The van der Waals surface area contributed by atoms with Gasteiger partial charge in [0.15, 0.2) is 5.13 Å². The molecule has 1 atom stereocenters. The standard InChI is InChI=1S/C22H24Cl2N2OS/c1-4-12-26(20(14-27-3)16-8-6-5-7-9-16)22-25-21(15(2)28-22)18-11-10-17(23)13-19(18)24/h5-11,13,20H,4,12,14H2,1-3H3. The summed E-state index contributed by atoms with van der Waals surface area (Å²) in [5.74, 6) is 0. The Morgan fingerprint density at radius 3 is 2.54 bits per heavy atom. The molecule has 0 aliphatic rings. The van der Waals surface area contributed by atoms with Gasteiger partial charge in [-0.15, -0.1) is 11.3 Å². The molecule has 1 aromatic heterocycles. The number of halogens is 2. The van der Waals surface area contributed by atoms with Crippen LogP contribution in [0.4, 0.5) is 5.13 Å². The maximum absolute atomic E-state index is 6.44. The molecular formula is C22H24Cl2N2OS. The number of hydrogen-bond acceptors (Lipinski definition) is 4. The molecule has 2 aromatic carbocycles. The Morgan fingerprint density at radius 1 is 1.14 bits per heavy atom. The van der Waals surface area contributed by atoms with Crippen molar-refractivity contribution in [2.45, 2.75) is 26.3 Å². The molecule has 0 bridgehead atoms. The van der Waals surface area contributed by atoms with Crippen molar-refractivity contribution in [1.29, 1.82) is 0 Å². The van der Waals surface area contributed by atoms with Gasteiger partial charge in [-0.2, -0.15) is 0 Å². The van der Waals surface area contributed by atoms with Gasteiger partial charge < -0.3 is 9.64 Å². The number of aryl methyl sites for hydroxylation is 1. The molecule has 3 rings (SSSR count). The van der Waals surface area contributed by atoms with Gasteiger partial charge in [0.25, 0.3) is 0 Å². The van der Waals surface area contributed by atoms with E-state index in [4.69, 9.17) is 32.9 Å². The fourth-order valence-corrected chi connectivity index (χ4v) is 4.76. The average Bonchev–Trinajstić information content (AvgIpc) is 3.06. The Hall–Kier alpha value is -1.59. The fourth-order valence-electron chi connectivity index (χ4n) is 3.26. The minimum atomic E-state index is 0.102. The molecule has 0 amide bonds. The molecule has 0 spiro atoms. The van der Waals surface area contributed by atoms with Gasteiger partial charge in [-0.25, -0.2) is 4.98 Å². The van der Waals surface area contributed by atoms with E-state index in [0.29, 0.717) is 16.7 Å². The summed E-state index contributed by atoms with van der Waals surface area (Å²) in [6.07, 6.45) is 1.02. The Labute approximate surface area is 180 Å². The first-order valence-corrected chi connectivity index (χ1v) is 10.9. The van der Waals surface area contributed by atoms with Crippen LogP contribution in [0.2, 0.25) is 10.0 Å². The van der Waals surface area contributed by atoms with Crippen LogP contribution in [0.25, 0.3) is 11.3 Å². The lowest BCUT2D eigenvalue weighted by Crippen LogP contribution is -2.32. The van der Waals surface area contributed by atoms with Gasteiger partial charge in [-0.1, -0.05) is 60.5 Å². The predicted molar refractivity (Wildman–Crippen MR) is 121 cm³/mol. The molecule has 1 heterocycles. The number of aromatic nitrogens is 1. The molecule has 28 heavy (non-hydrogen) atoms. The monoisotopic (exact) mass is 434 g/mol. The maximum atomic E-state index is 6.44. The molecule has 0 aliphatic carbocycles. The normalized spacial score (nSPS) is 12.2. The Morgan fingerprint density at radius 2 is 1.89 bits per heavy atom. The number of anilines is 1. The predicted octanol–water partition coefficient (Wildman–Crippen LogP) is 7.03. The van der Waals surface area contributed by atoms with E-state index in [1.807, 2.05) is 18.2 Å². The average molecular weight is 435 g/mol. The van der Waals surface area contributed by atoms with E-state index in [9.17, 15) is 0 Å². The van der Waals surface area contributed by atoms with E-state index in [1.54, 1.807) is 24.5 Å². The lowest BCUT2D eigenvalue weighted by molar-refractivity contribution is 0.177. The van der Waals surface area contributed by atoms with Crippen molar-refractivity contribution in [1.82, 2.24) is 4.98 Å². The van der Waals surface area contributed by atoms with Gasteiger partial charge in [-0.05, 0) is 37.1 Å². The minimum absolute atomic E-state index is 0.102. The zero-order valence-corrected chi connectivity index (χ0v) is 18.6. The van der Waals surface area contributed by atoms with Crippen LogP contribution in [-0.2, 0) is 4.74 Å². The second-order valence-electron chi connectivity index (χ2n) is 6.60. The minimum Gasteiger partial charge on any atom is -0.382 e. The van der Waals surface area contributed by atoms with Crippen molar-refractivity contribution in [3.05, 3.63) is 69.0 Å². The lowest BCUT2D eigenvalue weighted by atomic mass is 10.1. The van der Waals surface area contributed by atoms with Crippen molar-refractivity contribution in [2.24, 2.45) is 0 Å². The summed E-state index contributed by atoms with van der Waals surface area (Å²) in [6.45, 7) is 5.75. The largest absolute Gasteiger partial charge is 0.382 e. The number of nitrogens with zero attached hydrogens (tertiary/aromatic N) is 2. The topological polar surface area (TPSA) is 25.4 Å². The highest BCUT2D eigenvalue weighted by atomic mass is 35.5. The van der Waals surface area contributed by atoms with E-state index < -0.39 is 0 Å². The van der Waals surface area contributed by atoms with E-state index in [1.165, 1.54) is 5.56 Å². The molecule has 0 radical (unpaired) electrons. The van der Waals surface area contributed by atoms with Crippen molar-refractivity contribution in [3.8, 4) is 11.3 Å². The molecular weight excluding hydrogens is 411 g/mol. The van der Waals surface area contributed by atoms with Crippen LogP contribution in [0.3, 0.4) is 0 Å². The summed E-state index contributed by atoms with van der Waals surface area (Å²) in [5, 5.41) is 2.22. The highest BCUT2D eigenvalue weighted by Gasteiger charge is 2.24. The van der Waals surface area contributed by atoms with Gasteiger partial charge in [0.1, 0.15) is 0 Å². The first-order chi connectivity index (χ1) is 13.5. The van der Waals surface area contributed by atoms with E-state index >= 15 is 0 Å². The van der Waals surface area contributed by atoms with Gasteiger partial charge in [0.2, 0.25) is 0 Å².